The van der Waals surface area contributed by atoms with Gasteiger partial charge in [0.15, 0.2) is 5.13 Å². The van der Waals surface area contributed by atoms with Gasteiger partial charge in [-0.25, -0.2) is 9.48 Å². The molecule has 4 atom stereocenters. The first-order chi connectivity index (χ1) is 20.2. The number of rotatable bonds is 11. The van der Waals surface area contributed by atoms with E-state index in [-0.39, 0.29) is 47.3 Å². The van der Waals surface area contributed by atoms with Crippen molar-refractivity contribution < 1.29 is 33.9 Å². The van der Waals surface area contributed by atoms with Gasteiger partial charge in [0.2, 0.25) is 22.6 Å². The molecule has 3 unspecified atom stereocenters. The number of amides is 3. The number of thioether (sulfide) groups is 2. The van der Waals surface area contributed by atoms with Gasteiger partial charge in [-0.05, 0) is 38.1 Å². The number of nitrogen functional groups attached to an aromatic ring is 1. The van der Waals surface area contributed by atoms with Crippen molar-refractivity contribution in [2.24, 2.45) is 10.6 Å². The normalized spacial score (nSPS) is 22.7. The topological polar surface area (TPSA) is 242 Å². The van der Waals surface area contributed by atoms with E-state index in [9.17, 15) is 24.3 Å². The number of ether oxygens (including phenoxy) is 1. The molecule has 0 aromatic carbocycles. The van der Waals surface area contributed by atoms with Gasteiger partial charge < -0.3 is 35.9 Å². The molecule has 2 aromatic rings. The minimum atomic E-state index is -1.31. The van der Waals surface area contributed by atoms with Crippen molar-refractivity contribution in [3.8, 4) is 0 Å². The first kappa shape index (κ1) is 32.2. The summed E-state index contributed by atoms with van der Waals surface area (Å²) in [6.07, 6.45) is -0.583. The number of carboxylic acids is 1. The SMILES string of the molecule is CON=C(C(=O)NC1C(=O)N2CC(CSc3nnnn3C(C)CNC(=O)OC(C)(C)C)(C(=O)O)CS[C@H]12)c1nsc(N)n1. The van der Waals surface area contributed by atoms with E-state index >= 15 is 0 Å². The van der Waals surface area contributed by atoms with E-state index in [1.165, 1.54) is 28.5 Å². The number of nitrogens with two attached hydrogens (primary N) is 1. The number of nitrogens with zero attached hydrogens (tertiary/aromatic N) is 8. The van der Waals surface area contributed by atoms with Crippen LogP contribution in [-0.4, -0.2) is 118 Å². The summed E-state index contributed by atoms with van der Waals surface area (Å²) in [5.41, 5.74) is 3.40. The molecule has 0 bridgehead atoms. The lowest BCUT2D eigenvalue weighted by Crippen LogP contribution is -2.74. The van der Waals surface area contributed by atoms with Gasteiger partial charge in [0.1, 0.15) is 29.5 Å². The number of aromatic nitrogens is 6. The molecule has 2 aliphatic rings. The van der Waals surface area contributed by atoms with Crippen LogP contribution in [0.3, 0.4) is 0 Å². The van der Waals surface area contributed by atoms with Crippen LogP contribution in [-0.2, 0) is 24.0 Å². The molecule has 43 heavy (non-hydrogen) atoms. The molecule has 4 rings (SSSR count). The highest BCUT2D eigenvalue weighted by atomic mass is 32.2. The first-order valence-corrected chi connectivity index (χ1v) is 15.6. The Balaban J connectivity index is 1.37. The number of carbonyl (C=O) groups is 4. The lowest BCUT2D eigenvalue weighted by atomic mass is 9.89. The third-order valence-electron chi connectivity index (χ3n) is 6.23. The fourth-order valence-electron chi connectivity index (χ4n) is 4.11. The number of hydrogen-bond donors (Lipinski definition) is 4. The van der Waals surface area contributed by atoms with Crippen molar-refractivity contribution >= 4 is 69.8 Å². The van der Waals surface area contributed by atoms with Crippen LogP contribution in [0.2, 0.25) is 0 Å². The first-order valence-electron chi connectivity index (χ1n) is 12.8. The molecule has 18 nitrogen and oxygen atoms in total. The molecule has 3 amide bonds. The Morgan fingerprint density at radius 2 is 2.09 bits per heavy atom. The standard InChI is InChI=1S/C22H31N11O7S3/c1-10(6-24-20(38)40-21(2,3)4)33-19(27-30-31-33)42-9-22(17(36)37)7-32-15(35)12(16(32)41-8-22)25-14(34)11(28-39-5)13-26-18(23)43-29-13/h10,12,16H,6-9H2,1-5H3,(H,24,38)(H,25,34)(H,36,37)(H2,23,26,29)/t10?,12?,16-,22?/m1/s1. The Bertz CT molecular complexity index is 1410. The Kier molecular flexibility index (Phi) is 9.64. The number of carboxylic acid groups (broad SMARTS) is 1. The van der Waals surface area contributed by atoms with E-state index in [1.807, 2.05) is 0 Å². The lowest BCUT2D eigenvalue weighted by Gasteiger charge is -2.53. The molecule has 2 aromatic heterocycles. The Labute approximate surface area is 258 Å². The second-order valence-corrected chi connectivity index (χ2v) is 13.5. The maximum absolute atomic E-state index is 13.0. The van der Waals surface area contributed by atoms with Crippen LogP contribution in [0.5, 0.6) is 0 Å². The van der Waals surface area contributed by atoms with Crippen molar-refractivity contribution in [2.45, 2.75) is 55.9 Å². The van der Waals surface area contributed by atoms with Crippen LogP contribution in [0.15, 0.2) is 10.3 Å². The van der Waals surface area contributed by atoms with Crippen LogP contribution in [0, 0.1) is 5.41 Å². The van der Waals surface area contributed by atoms with Gasteiger partial charge in [-0.3, -0.25) is 14.4 Å². The van der Waals surface area contributed by atoms with Gasteiger partial charge in [0, 0.05) is 36.1 Å². The predicted molar refractivity (Wildman–Crippen MR) is 155 cm³/mol. The maximum Gasteiger partial charge on any atom is 0.407 e. The van der Waals surface area contributed by atoms with Crippen molar-refractivity contribution in [3.63, 3.8) is 0 Å². The Morgan fingerprint density at radius 1 is 1.35 bits per heavy atom. The average Bonchev–Trinajstić information content (AvgIpc) is 3.59. The largest absolute Gasteiger partial charge is 0.481 e. The highest BCUT2D eigenvalue weighted by Gasteiger charge is 2.57. The molecule has 0 aliphatic carbocycles. The van der Waals surface area contributed by atoms with Crippen LogP contribution < -0.4 is 16.4 Å². The zero-order valence-electron chi connectivity index (χ0n) is 23.8. The fraction of sp³-hybridized carbons (Fsp3) is 0.636. The van der Waals surface area contributed by atoms with Crippen LogP contribution in [0.1, 0.15) is 39.6 Å². The summed E-state index contributed by atoms with van der Waals surface area (Å²) in [6.45, 7) is 7.16. The number of fused-ring (bicyclic) bond motifs is 1. The van der Waals surface area contributed by atoms with Crippen molar-refractivity contribution in [2.75, 3.05) is 37.4 Å². The van der Waals surface area contributed by atoms with Gasteiger partial charge in [0.05, 0.1) is 6.04 Å². The Morgan fingerprint density at radius 3 is 2.72 bits per heavy atom. The molecule has 5 N–H and O–H groups in total. The number of β-lactam (4-membered cyclic amide) rings is 1. The highest BCUT2D eigenvalue weighted by molar-refractivity contribution is 8.00. The van der Waals surface area contributed by atoms with Crippen LogP contribution in [0.25, 0.3) is 0 Å². The molecular weight excluding hydrogens is 627 g/mol. The van der Waals surface area contributed by atoms with E-state index in [2.05, 4.69) is 40.7 Å². The third-order valence-corrected chi connectivity index (χ3v) is 9.59. The molecule has 0 saturated carbocycles. The van der Waals surface area contributed by atoms with E-state index in [0.29, 0.717) is 5.16 Å². The molecule has 2 fully saturated rings. The summed E-state index contributed by atoms with van der Waals surface area (Å²) in [7, 11) is 1.25. The summed E-state index contributed by atoms with van der Waals surface area (Å²) in [4.78, 5) is 60.6. The number of hydrogen-bond acceptors (Lipinski definition) is 16. The summed E-state index contributed by atoms with van der Waals surface area (Å²) in [5.74, 6) is -2.05. The molecule has 2 saturated heterocycles. The lowest BCUT2D eigenvalue weighted by molar-refractivity contribution is -0.157. The number of alkyl carbamates (subject to hydrolysis) is 1. The summed E-state index contributed by atoms with van der Waals surface area (Å²) >= 11 is 3.26. The highest BCUT2D eigenvalue weighted by Crippen LogP contribution is 2.44. The minimum Gasteiger partial charge on any atom is -0.481 e. The van der Waals surface area contributed by atoms with E-state index < -0.39 is 46.3 Å². The van der Waals surface area contributed by atoms with Crippen molar-refractivity contribution in [1.29, 1.82) is 0 Å². The molecular formula is C22H31N11O7S3. The fourth-order valence-corrected chi connectivity index (χ4v) is 7.38. The van der Waals surface area contributed by atoms with Crippen molar-refractivity contribution in [1.82, 2.24) is 45.1 Å². The zero-order chi connectivity index (χ0) is 31.5. The molecule has 4 heterocycles. The zero-order valence-corrected chi connectivity index (χ0v) is 26.3. The van der Waals surface area contributed by atoms with Gasteiger partial charge in [-0.15, -0.1) is 16.9 Å². The van der Waals surface area contributed by atoms with E-state index in [4.69, 9.17) is 15.3 Å². The van der Waals surface area contributed by atoms with E-state index in [1.54, 1.807) is 27.7 Å². The number of carbonyl (C=O) groups excluding carboxylic acids is 3. The number of nitrogens with one attached hydrogen (secondary N) is 2. The van der Waals surface area contributed by atoms with E-state index in [0.717, 1.165) is 23.3 Å². The van der Waals surface area contributed by atoms with Crippen LogP contribution in [0.4, 0.5) is 9.93 Å². The summed E-state index contributed by atoms with van der Waals surface area (Å²) in [6, 6.07) is -1.26. The molecule has 0 spiro atoms. The van der Waals surface area contributed by atoms with Gasteiger partial charge in [0.25, 0.3) is 5.91 Å². The van der Waals surface area contributed by atoms with Gasteiger partial charge in [-0.2, -0.15) is 9.36 Å². The quantitative estimate of drug-likeness (QED) is 0.106. The van der Waals surface area contributed by atoms with Gasteiger partial charge >= 0.3 is 12.1 Å². The molecule has 0 radical (unpaired) electrons. The number of oxime groups is 1. The molecule has 21 heteroatoms. The predicted octanol–water partition coefficient (Wildman–Crippen LogP) is -0.194. The average molecular weight is 658 g/mol. The third kappa shape index (κ3) is 7.26. The molecule has 234 valence electrons. The molecule has 2 aliphatic heterocycles. The second-order valence-electron chi connectivity index (χ2n) is 10.7. The van der Waals surface area contributed by atoms with Crippen LogP contribution >= 0.6 is 35.1 Å². The second kappa shape index (κ2) is 12.9. The van der Waals surface area contributed by atoms with Gasteiger partial charge in [-0.1, -0.05) is 16.9 Å². The Hall–Kier alpha value is -3.72. The van der Waals surface area contributed by atoms with Crippen molar-refractivity contribution in [3.05, 3.63) is 5.82 Å². The minimum absolute atomic E-state index is 0.0408. The number of aliphatic carboxylic acids is 1. The summed E-state index contributed by atoms with van der Waals surface area (Å²) in [5, 5.41) is 30.9. The number of tetrazole rings is 1. The smallest absolute Gasteiger partial charge is 0.407 e. The summed E-state index contributed by atoms with van der Waals surface area (Å²) < 4.78 is 10.7. The maximum atomic E-state index is 13.0. The monoisotopic (exact) mass is 657 g/mol. The number of anilines is 1.